The van der Waals surface area contributed by atoms with Crippen molar-refractivity contribution in [3.05, 3.63) is 11.6 Å². The summed E-state index contributed by atoms with van der Waals surface area (Å²) in [5.74, 6) is 1.06. The number of esters is 1. The van der Waals surface area contributed by atoms with E-state index in [1.807, 2.05) is 0 Å². The molecule has 2 N–H and O–H groups in total. The average molecular weight is 484 g/mol. The van der Waals surface area contributed by atoms with E-state index < -0.39 is 5.41 Å². The van der Waals surface area contributed by atoms with Crippen LogP contribution in [0.1, 0.15) is 106 Å². The number of rotatable bonds is 1. The zero-order chi connectivity index (χ0) is 25.8. The van der Waals surface area contributed by atoms with Gasteiger partial charge < -0.3 is 10.5 Å². The Kier molecular flexibility index (Phi) is 5.43. The molecule has 0 aromatic carbocycles. The average Bonchev–Trinajstić information content (AvgIpc) is 2.78. The number of fused-ring (bicyclic) bond motifs is 7. The Morgan fingerprint density at radius 3 is 2.26 bits per heavy atom. The van der Waals surface area contributed by atoms with E-state index in [1.165, 1.54) is 19.1 Å². The second kappa shape index (κ2) is 7.45. The van der Waals surface area contributed by atoms with E-state index in [-0.39, 0.29) is 50.9 Å². The summed E-state index contributed by atoms with van der Waals surface area (Å²) in [6.45, 7) is 16.6. The van der Waals surface area contributed by atoms with Gasteiger partial charge in [0.1, 0.15) is 0 Å². The summed E-state index contributed by atoms with van der Waals surface area (Å²) in [5, 5.41) is 0. The van der Waals surface area contributed by atoms with Crippen molar-refractivity contribution in [3.63, 3.8) is 0 Å². The summed E-state index contributed by atoms with van der Waals surface area (Å²) in [6, 6.07) is 0.207. The highest BCUT2D eigenvalue weighted by Crippen LogP contribution is 2.75. The van der Waals surface area contributed by atoms with Gasteiger partial charge in [0.25, 0.3) is 0 Å². The molecule has 0 aromatic heterocycles. The molecule has 0 radical (unpaired) electrons. The first-order chi connectivity index (χ1) is 16.1. The Labute approximate surface area is 213 Å². The molecule has 4 fully saturated rings. The molecule has 0 aromatic rings. The maximum Gasteiger partial charge on any atom is 0.311 e. The molecule has 0 aliphatic heterocycles. The quantitative estimate of drug-likeness (QED) is 0.434. The zero-order valence-electron chi connectivity index (χ0n) is 23.6. The van der Waals surface area contributed by atoms with Crippen LogP contribution < -0.4 is 5.73 Å². The normalized spacial score (nSPS) is 52.8. The molecule has 9 atom stereocenters. The molecule has 5 aliphatic carbocycles. The van der Waals surface area contributed by atoms with Crippen molar-refractivity contribution in [2.24, 2.45) is 56.0 Å². The maximum atomic E-state index is 14.3. The molecule has 4 nitrogen and oxygen atoms in total. The first-order valence-electron chi connectivity index (χ1n) is 14.2. The Hall–Kier alpha value is -1.16. The standard InChI is InChI=1S/C31H49NO3/c1-26(2)22-9-12-31(7)24(29(22,5)11-10-23(26)32)21(33)17-19-20-18-28(4,25(34)35-8)14-13-27(20,3)15-16-30(19,31)6/h17,20,22-24H,9-16,18,32H2,1-8H3/t20-,22?,23?,24-,27-,28+,29+,30-,31-/m1/s1. The lowest BCUT2D eigenvalue weighted by molar-refractivity contribution is -0.188. The first-order valence-corrected chi connectivity index (χ1v) is 14.2. The van der Waals surface area contributed by atoms with Crippen LogP contribution in [-0.2, 0) is 14.3 Å². The van der Waals surface area contributed by atoms with Crippen molar-refractivity contribution in [3.8, 4) is 0 Å². The van der Waals surface area contributed by atoms with E-state index in [2.05, 4.69) is 54.5 Å². The molecule has 0 heterocycles. The third-order valence-electron chi connectivity index (χ3n) is 13.4. The summed E-state index contributed by atoms with van der Waals surface area (Å²) < 4.78 is 5.26. The molecule has 0 saturated heterocycles. The molecule has 5 aliphatic rings. The lowest BCUT2D eigenvalue weighted by Crippen LogP contribution is -2.67. The van der Waals surface area contributed by atoms with E-state index in [0.717, 1.165) is 51.4 Å². The highest BCUT2D eigenvalue weighted by atomic mass is 16.5. The number of ether oxygens (including phenoxy) is 1. The number of hydrogen-bond acceptors (Lipinski definition) is 4. The van der Waals surface area contributed by atoms with Crippen molar-refractivity contribution >= 4 is 11.8 Å². The van der Waals surface area contributed by atoms with Crippen molar-refractivity contribution in [2.75, 3.05) is 7.11 Å². The lowest BCUT2D eigenvalue weighted by atomic mass is 9.33. The Bertz CT molecular complexity index is 984. The van der Waals surface area contributed by atoms with Crippen molar-refractivity contribution in [1.82, 2.24) is 0 Å². The SMILES string of the molecule is COC(=O)[C@@]1(C)CC[C@]2(C)CC[C@]3(C)C(=CC(=O)[C@@H]4[C@@]5(C)CCC(N)C(C)(C)C5CC[C@]43C)[C@H]2C1. The predicted molar refractivity (Wildman–Crippen MR) is 139 cm³/mol. The van der Waals surface area contributed by atoms with Gasteiger partial charge in [0.2, 0.25) is 0 Å². The van der Waals surface area contributed by atoms with Crippen LogP contribution in [0.2, 0.25) is 0 Å². The third kappa shape index (κ3) is 3.07. The molecule has 5 rings (SSSR count). The molecule has 0 spiro atoms. The maximum absolute atomic E-state index is 14.3. The lowest BCUT2D eigenvalue weighted by Gasteiger charge is -2.70. The smallest absolute Gasteiger partial charge is 0.311 e. The van der Waals surface area contributed by atoms with Crippen molar-refractivity contribution in [1.29, 1.82) is 0 Å². The van der Waals surface area contributed by atoms with Crippen LogP contribution in [0.3, 0.4) is 0 Å². The number of allylic oxidation sites excluding steroid dienone is 2. The predicted octanol–water partition coefficient (Wildman–Crippen LogP) is 6.47. The van der Waals surface area contributed by atoms with Gasteiger partial charge in [-0.2, -0.15) is 0 Å². The fourth-order valence-electron chi connectivity index (χ4n) is 10.6. The molecular weight excluding hydrogens is 434 g/mol. The van der Waals surface area contributed by atoms with E-state index >= 15 is 0 Å². The van der Waals surface area contributed by atoms with Gasteiger partial charge >= 0.3 is 5.97 Å². The minimum atomic E-state index is -0.466. The number of methoxy groups -OCH3 is 1. The van der Waals surface area contributed by atoms with Gasteiger partial charge in [-0.15, -0.1) is 0 Å². The number of carbonyl (C=O) groups excluding carboxylic acids is 2. The summed E-state index contributed by atoms with van der Waals surface area (Å²) in [7, 11) is 1.51. The zero-order valence-corrected chi connectivity index (χ0v) is 23.6. The molecule has 196 valence electrons. The number of carbonyl (C=O) groups is 2. The fraction of sp³-hybridized carbons (Fsp3) is 0.871. The molecular formula is C31H49NO3. The topological polar surface area (TPSA) is 69.4 Å². The molecule has 2 unspecified atom stereocenters. The fourth-order valence-corrected chi connectivity index (χ4v) is 10.6. The van der Waals surface area contributed by atoms with Gasteiger partial charge in [-0.25, -0.2) is 0 Å². The van der Waals surface area contributed by atoms with Gasteiger partial charge in [0.05, 0.1) is 12.5 Å². The van der Waals surface area contributed by atoms with E-state index in [4.69, 9.17) is 10.5 Å². The highest BCUT2D eigenvalue weighted by molar-refractivity contribution is 5.95. The second-order valence-corrected chi connectivity index (χ2v) is 15.2. The highest BCUT2D eigenvalue weighted by Gasteiger charge is 2.70. The van der Waals surface area contributed by atoms with Crippen LogP contribution >= 0.6 is 0 Å². The largest absolute Gasteiger partial charge is 0.469 e. The summed E-state index contributed by atoms with van der Waals surface area (Å²) in [5.41, 5.74) is 7.68. The molecule has 0 amide bonds. The van der Waals surface area contributed by atoms with Gasteiger partial charge in [-0.1, -0.05) is 47.1 Å². The second-order valence-electron chi connectivity index (χ2n) is 15.2. The van der Waals surface area contributed by atoms with Gasteiger partial charge in [-0.05, 0) is 110 Å². The van der Waals surface area contributed by atoms with Gasteiger partial charge in [0, 0.05) is 12.0 Å². The van der Waals surface area contributed by atoms with Crippen LogP contribution in [0.5, 0.6) is 0 Å². The summed E-state index contributed by atoms with van der Waals surface area (Å²) in [4.78, 5) is 27.1. The number of hydrogen-bond donors (Lipinski definition) is 1. The molecule has 0 bridgehead atoms. The van der Waals surface area contributed by atoms with E-state index in [9.17, 15) is 9.59 Å². The first kappa shape index (κ1) is 25.5. The molecule has 4 heteroatoms. The van der Waals surface area contributed by atoms with Crippen LogP contribution in [-0.4, -0.2) is 24.9 Å². The third-order valence-corrected chi connectivity index (χ3v) is 13.4. The van der Waals surface area contributed by atoms with Crippen LogP contribution in [0, 0.1) is 50.2 Å². The Morgan fingerprint density at radius 1 is 0.943 bits per heavy atom. The van der Waals surface area contributed by atoms with Crippen molar-refractivity contribution < 1.29 is 14.3 Å². The van der Waals surface area contributed by atoms with Crippen LogP contribution in [0.15, 0.2) is 11.6 Å². The monoisotopic (exact) mass is 483 g/mol. The number of ketones is 1. The summed E-state index contributed by atoms with van der Waals surface area (Å²) in [6.07, 6.45) is 11.4. The molecule has 4 saturated carbocycles. The van der Waals surface area contributed by atoms with Crippen LogP contribution in [0.4, 0.5) is 0 Å². The minimum Gasteiger partial charge on any atom is -0.469 e. The number of nitrogens with two attached hydrogens (primary N) is 1. The Morgan fingerprint density at radius 2 is 1.60 bits per heavy atom. The molecule has 35 heavy (non-hydrogen) atoms. The Balaban J connectivity index is 1.61. The summed E-state index contributed by atoms with van der Waals surface area (Å²) >= 11 is 0. The minimum absolute atomic E-state index is 0.0116. The van der Waals surface area contributed by atoms with E-state index in [1.54, 1.807) is 0 Å². The van der Waals surface area contributed by atoms with E-state index in [0.29, 0.717) is 11.7 Å². The van der Waals surface area contributed by atoms with Gasteiger partial charge in [-0.3, -0.25) is 9.59 Å². The van der Waals surface area contributed by atoms with Gasteiger partial charge in [0.15, 0.2) is 5.78 Å². The van der Waals surface area contributed by atoms with Crippen molar-refractivity contribution in [2.45, 2.75) is 112 Å². The van der Waals surface area contributed by atoms with Crippen LogP contribution in [0.25, 0.3) is 0 Å².